The third kappa shape index (κ3) is 3.87. The highest BCUT2D eigenvalue weighted by molar-refractivity contribution is 7.83. The molecule has 6 nitrogen and oxygen atoms in total. The molecule has 1 aromatic rings. The number of hydrogen-bond acceptors (Lipinski definition) is 4. The monoisotopic (exact) mass is 321 g/mol. The van der Waals surface area contributed by atoms with Crippen molar-refractivity contribution in [2.24, 2.45) is 0 Å². The number of aromatic nitrogens is 1. The van der Waals surface area contributed by atoms with Crippen LogP contribution in [-0.2, 0) is 10.4 Å². The lowest BCUT2D eigenvalue weighted by Gasteiger charge is -2.29. The van der Waals surface area contributed by atoms with E-state index in [1.54, 1.807) is 0 Å². The van der Waals surface area contributed by atoms with Crippen molar-refractivity contribution in [3.8, 4) is 0 Å². The van der Waals surface area contributed by atoms with E-state index in [1.807, 2.05) is 0 Å². The van der Waals surface area contributed by atoms with Crippen LogP contribution in [0.2, 0.25) is 5.15 Å². The average molecular weight is 322 g/mol. The van der Waals surface area contributed by atoms with E-state index < -0.39 is 10.4 Å². The van der Waals surface area contributed by atoms with Crippen molar-refractivity contribution in [2.75, 3.05) is 13.1 Å². The van der Waals surface area contributed by atoms with Crippen molar-refractivity contribution >= 4 is 27.9 Å². The molecule has 1 aliphatic heterocycles. The Morgan fingerprint density at radius 3 is 2.65 bits per heavy atom. The van der Waals surface area contributed by atoms with Crippen LogP contribution in [0.5, 0.6) is 0 Å². The normalized spacial score (nSPS) is 17.9. The Morgan fingerprint density at radius 2 is 2.10 bits per heavy atom. The molecule has 1 aliphatic rings. The minimum Gasteiger partial charge on any atom is -0.349 e. The summed E-state index contributed by atoms with van der Waals surface area (Å²) >= 11 is 5.69. The Labute approximate surface area is 121 Å². The number of carbonyl (C=O) groups is 1. The van der Waals surface area contributed by atoms with Crippen molar-refractivity contribution in [1.29, 1.82) is 0 Å². The molecule has 0 aromatic carbocycles. The molecule has 0 atom stereocenters. The van der Waals surface area contributed by atoms with Crippen LogP contribution in [0.1, 0.15) is 23.2 Å². The molecule has 0 saturated carbocycles. The van der Waals surface area contributed by atoms with Gasteiger partial charge in [0.2, 0.25) is 0 Å². The Kier molecular flexibility index (Phi) is 4.56. The van der Waals surface area contributed by atoms with E-state index in [4.69, 9.17) is 11.6 Å². The maximum Gasteiger partial charge on any atom is 0.374 e. The molecule has 9 heteroatoms. The second-order valence-corrected chi connectivity index (χ2v) is 6.18. The third-order valence-corrected chi connectivity index (χ3v) is 4.27. The van der Waals surface area contributed by atoms with Gasteiger partial charge in [0.25, 0.3) is 5.91 Å². The molecule has 0 radical (unpaired) electrons. The van der Waals surface area contributed by atoms with E-state index in [9.17, 15) is 17.1 Å². The number of amides is 1. The van der Waals surface area contributed by atoms with E-state index in [2.05, 4.69) is 10.3 Å². The molecular weight excluding hydrogens is 309 g/mol. The summed E-state index contributed by atoms with van der Waals surface area (Å²) in [6, 6.07) is 2.79. The number of nitrogens with zero attached hydrogens (tertiary/aromatic N) is 2. The van der Waals surface area contributed by atoms with Gasteiger partial charge in [0.15, 0.2) is 0 Å². The van der Waals surface area contributed by atoms with Gasteiger partial charge < -0.3 is 5.32 Å². The first kappa shape index (κ1) is 15.1. The summed E-state index contributed by atoms with van der Waals surface area (Å²) in [6.07, 6.45) is 2.16. The zero-order valence-electron chi connectivity index (χ0n) is 10.4. The number of hydrogen-bond donors (Lipinski definition) is 1. The van der Waals surface area contributed by atoms with Gasteiger partial charge in [0.05, 0.1) is 0 Å². The van der Waals surface area contributed by atoms with E-state index in [0.717, 1.165) is 4.31 Å². The lowest BCUT2D eigenvalue weighted by molar-refractivity contribution is 0.0923. The van der Waals surface area contributed by atoms with Crippen LogP contribution in [0, 0.1) is 0 Å². The summed E-state index contributed by atoms with van der Waals surface area (Å²) in [5, 5.41) is 2.98. The lowest BCUT2D eigenvalue weighted by atomic mass is 10.1. The SMILES string of the molecule is O=C(NC1CCN(S(=O)(=O)F)CC1)c1ccnc(Cl)c1. The minimum absolute atomic E-state index is 0.0564. The first-order valence-electron chi connectivity index (χ1n) is 5.98. The van der Waals surface area contributed by atoms with Gasteiger partial charge in [-0.25, -0.2) is 4.98 Å². The zero-order valence-corrected chi connectivity index (χ0v) is 12.0. The van der Waals surface area contributed by atoms with Crippen molar-refractivity contribution in [1.82, 2.24) is 14.6 Å². The third-order valence-electron chi connectivity index (χ3n) is 3.09. The fourth-order valence-corrected chi connectivity index (χ4v) is 2.85. The standard InChI is InChI=1S/C11H13ClFN3O3S/c12-10-7-8(1-4-14-10)11(17)15-9-2-5-16(6-3-9)20(13,18)19/h1,4,7,9H,2-3,5-6H2,(H,15,17). The smallest absolute Gasteiger partial charge is 0.349 e. The predicted octanol–water partition coefficient (Wildman–Crippen LogP) is 1.14. The summed E-state index contributed by atoms with van der Waals surface area (Å²) in [5.74, 6) is -0.309. The van der Waals surface area contributed by atoms with Crippen LogP contribution in [-0.4, -0.2) is 42.7 Å². The summed E-state index contributed by atoms with van der Waals surface area (Å²) < 4.78 is 35.0. The van der Waals surface area contributed by atoms with Gasteiger partial charge in [-0.2, -0.15) is 12.7 Å². The summed E-state index contributed by atoms with van der Waals surface area (Å²) in [7, 11) is -4.64. The maximum atomic E-state index is 12.8. The molecule has 1 saturated heterocycles. The van der Waals surface area contributed by atoms with Gasteiger partial charge in [-0.05, 0) is 25.0 Å². The molecule has 1 fully saturated rings. The van der Waals surface area contributed by atoms with E-state index in [1.165, 1.54) is 18.3 Å². The second-order valence-electron chi connectivity index (χ2n) is 4.46. The van der Waals surface area contributed by atoms with Crippen LogP contribution in [0.3, 0.4) is 0 Å². The van der Waals surface area contributed by atoms with Gasteiger partial charge in [-0.3, -0.25) is 4.79 Å². The molecule has 2 rings (SSSR count). The zero-order chi connectivity index (χ0) is 14.8. The van der Waals surface area contributed by atoms with Gasteiger partial charge >= 0.3 is 10.4 Å². The van der Waals surface area contributed by atoms with Gasteiger partial charge in [0, 0.05) is 30.9 Å². The van der Waals surface area contributed by atoms with Crippen LogP contribution in [0.25, 0.3) is 0 Å². The fourth-order valence-electron chi connectivity index (χ4n) is 2.03. The average Bonchev–Trinajstić information content (AvgIpc) is 2.38. The van der Waals surface area contributed by atoms with E-state index >= 15 is 0 Å². The van der Waals surface area contributed by atoms with Gasteiger partial charge in [-0.1, -0.05) is 15.5 Å². The van der Waals surface area contributed by atoms with E-state index in [0.29, 0.717) is 18.4 Å². The molecule has 2 heterocycles. The number of piperidine rings is 1. The molecule has 110 valence electrons. The quantitative estimate of drug-likeness (QED) is 0.669. The molecule has 1 N–H and O–H groups in total. The largest absolute Gasteiger partial charge is 0.374 e. The second kappa shape index (κ2) is 6.02. The number of nitrogens with one attached hydrogen (secondary N) is 1. The fraction of sp³-hybridized carbons (Fsp3) is 0.455. The molecule has 0 spiro atoms. The lowest BCUT2D eigenvalue weighted by Crippen LogP contribution is -2.45. The maximum absolute atomic E-state index is 12.8. The molecule has 1 aromatic heterocycles. The number of halogens is 2. The molecule has 1 amide bonds. The van der Waals surface area contributed by atoms with Crippen LogP contribution in [0.15, 0.2) is 18.3 Å². The molecule has 0 aliphatic carbocycles. The highest BCUT2D eigenvalue weighted by Gasteiger charge is 2.28. The van der Waals surface area contributed by atoms with E-state index in [-0.39, 0.29) is 30.2 Å². The van der Waals surface area contributed by atoms with Crippen LogP contribution in [0.4, 0.5) is 3.89 Å². The predicted molar refractivity (Wildman–Crippen MR) is 71.3 cm³/mol. The topological polar surface area (TPSA) is 79.4 Å². The number of pyridine rings is 1. The van der Waals surface area contributed by atoms with Gasteiger partial charge in [-0.15, -0.1) is 0 Å². The van der Waals surface area contributed by atoms with Crippen molar-refractivity contribution in [3.63, 3.8) is 0 Å². The Balaban J connectivity index is 1.91. The summed E-state index contributed by atoms with van der Waals surface area (Å²) in [4.78, 5) is 15.7. The van der Waals surface area contributed by atoms with Crippen molar-refractivity contribution in [3.05, 3.63) is 29.0 Å². The van der Waals surface area contributed by atoms with Crippen LogP contribution < -0.4 is 5.32 Å². The Hall–Kier alpha value is -1.25. The molecule has 0 unspecified atom stereocenters. The molecule has 20 heavy (non-hydrogen) atoms. The Bertz CT molecular complexity index is 603. The highest BCUT2D eigenvalue weighted by atomic mass is 35.5. The van der Waals surface area contributed by atoms with Gasteiger partial charge in [0.1, 0.15) is 5.15 Å². The number of rotatable bonds is 3. The van der Waals surface area contributed by atoms with Crippen LogP contribution >= 0.6 is 11.6 Å². The first-order valence-corrected chi connectivity index (χ1v) is 7.70. The Morgan fingerprint density at radius 1 is 1.45 bits per heavy atom. The first-order chi connectivity index (χ1) is 9.36. The van der Waals surface area contributed by atoms with Crippen molar-refractivity contribution in [2.45, 2.75) is 18.9 Å². The summed E-state index contributed by atoms with van der Waals surface area (Å²) in [6.45, 7) is 0.113. The number of carbonyl (C=O) groups excluding carboxylic acids is 1. The highest BCUT2D eigenvalue weighted by Crippen LogP contribution is 2.15. The molecule has 0 bridgehead atoms. The molecular formula is C11H13ClFN3O3S. The minimum atomic E-state index is -4.64. The summed E-state index contributed by atoms with van der Waals surface area (Å²) in [5.41, 5.74) is 0.380. The van der Waals surface area contributed by atoms with Crippen molar-refractivity contribution < 1.29 is 17.1 Å².